The molecule has 70 valence electrons. The number of aryl methyl sites for hydroxylation is 1. The van der Waals surface area contributed by atoms with Crippen LogP contribution in [0.15, 0.2) is 4.52 Å². The van der Waals surface area contributed by atoms with E-state index in [0.29, 0.717) is 5.89 Å². The van der Waals surface area contributed by atoms with Crippen molar-refractivity contribution in [3.63, 3.8) is 0 Å². The number of aromatic nitrogens is 2. The summed E-state index contributed by atoms with van der Waals surface area (Å²) in [5.74, 6) is 1.36. The molecule has 1 aromatic heterocycles. The maximum absolute atomic E-state index is 4.85. The molecule has 0 radical (unpaired) electrons. The van der Waals surface area contributed by atoms with Crippen molar-refractivity contribution in [2.45, 2.75) is 26.3 Å². The third-order valence-corrected chi connectivity index (χ3v) is 1.61. The van der Waals surface area contributed by atoms with Crippen LogP contribution in [0.25, 0.3) is 0 Å². The second-order valence-electron chi connectivity index (χ2n) is 2.42. The van der Waals surface area contributed by atoms with Gasteiger partial charge in [0.15, 0.2) is 5.82 Å². The van der Waals surface area contributed by atoms with E-state index in [0.717, 1.165) is 12.2 Å². The molecule has 0 saturated carbocycles. The van der Waals surface area contributed by atoms with Crippen LogP contribution in [-0.2, 0) is 0 Å². The molecule has 1 atom stereocenters. The Balaban J connectivity index is 0.00000121. The van der Waals surface area contributed by atoms with Crippen LogP contribution in [0.4, 0.5) is 0 Å². The van der Waals surface area contributed by atoms with Gasteiger partial charge >= 0.3 is 0 Å². The number of hydrogen-bond donors (Lipinski definition) is 1. The van der Waals surface area contributed by atoms with Crippen molar-refractivity contribution in [1.82, 2.24) is 15.5 Å². The lowest BCUT2D eigenvalue weighted by molar-refractivity contribution is 0.378. The number of nitrogens with zero attached hydrogens (tertiary/aromatic N) is 2. The van der Waals surface area contributed by atoms with E-state index in [9.17, 15) is 0 Å². The Kier molecular flexibility index (Phi) is 4.85. The molecular formula is C7H14ClN3O. The summed E-state index contributed by atoms with van der Waals surface area (Å²) < 4.78 is 4.85. The summed E-state index contributed by atoms with van der Waals surface area (Å²) >= 11 is 0. The highest BCUT2D eigenvalue weighted by molar-refractivity contribution is 5.85. The van der Waals surface area contributed by atoms with Crippen LogP contribution in [0, 0.1) is 6.92 Å². The highest BCUT2D eigenvalue weighted by atomic mass is 35.5. The molecule has 0 spiro atoms. The van der Waals surface area contributed by atoms with E-state index >= 15 is 0 Å². The molecule has 0 aromatic carbocycles. The average Bonchev–Trinajstić information content (AvgIpc) is 2.39. The Morgan fingerprint density at radius 1 is 1.58 bits per heavy atom. The molecule has 1 unspecified atom stereocenters. The largest absolute Gasteiger partial charge is 0.340 e. The van der Waals surface area contributed by atoms with Crippen molar-refractivity contribution in [2.24, 2.45) is 0 Å². The summed E-state index contributed by atoms with van der Waals surface area (Å²) in [6.45, 7) is 3.87. The predicted octanol–water partition coefficient (Wildman–Crippen LogP) is 1.47. The van der Waals surface area contributed by atoms with E-state index in [1.807, 2.05) is 7.05 Å². The van der Waals surface area contributed by atoms with Crippen molar-refractivity contribution in [1.29, 1.82) is 0 Å². The van der Waals surface area contributed by atoms with E-state index in [1.54, 1.807) is 6.92 Å². The summed E-state index contributed by atoms with van der Waals surface area (Å²) in [6.07, 6.45) is 0.968. The Hall–Kier alpha value is -0.610. The van der Waals surface area contributed by atoms with Gasteiger partial charge in [-0.05, 0) is 13.5 Å². The predicted molar refractivity (Wildman–Crippen MR) is 48.4 cm³/mol. The van der Waals surface area contributed by atoms with Gasteiger partial charge in [-0.1, -0.05) is 12.1 Å². The summed E-state index contributed by atoms with van der Waals surface area (Å²) in [4.78, 5) is 4.11. The van der Waals surface area contributed by atoms with E-state index < -0.39 is 0 Å². The van der Waals surface area contributed by atoms with Gasteiger partial charge < -0.3 is 9.84 Å². The molecule has 5 heteroatoms. The van der Waals surface area contributed by atoms with Crippen LogP contribution >= 0.6 is 12.4 Å². The first-order chi connectivity index (χ1) is 5.27. The van der Waals surface area contributed by atoms with Crippen LogP contribution in [0.5, 0.6) is 0 Å². The van der Waals surface area contributed by atoms with Gasteiger partial charge in [0, 0.05) is 6.92 Å². The molecule has 0 saturated heterocycles. The van der Waals surface area contributed by atoms with Crippen LogP contribution < -0.4 is 5.32 Å². The monoisotopic (exact) mass is 191 g/mol. The second kappa shape index (κ2) is 5.11. The lowest BCUT2D eigenvalue weighted by Crippen LogP contribution is -2.16. The number of nitrogens with one attached hydrogen (secondary N) is 1. The van der Waals surface area contributed by atoms with Crippen LogP contribution in [0.1, 0.15) is 31.1 Å². The molecule has 0 bridgehead atoms. The molecule has 0 aliphatic carbocycles. The lowest BCUT2D eigenvalue weighted by Gasteiger charge is -2.06. The molecule has 1 heterocycles. The van der Waals surface area contributed by atoms with Gasteiger partial charge in [-0.15, -0.1) is 12.4 Å². The van der Waals surface area contributed by atoms with E-state index in [4.69, 9.17) is 4.52 Å². The van der Waals surface area contributed by atoms with Gasteiger partial charge in [0.25, 0.3) is 0 Å². The molecule has 1 aromatic rings. The normalized spacial score (nSPS) is 12.2. The Labute approximate surface area is 78.1 Å². The van der Waals surface area contributed by atoms with E-state index in [2.05, 4.69) is 22.4 Å². The zero-order chi connectivity index (χ0) is 8.27. The fourth-order valence-electron chi connectivity index (χ4n) is 0.972. The average molecular weight is 192 g/mol. The highest BCUT2D eigenvalue weighted by Crippen LogP contribution is 2.10. The Morgan fingerprint density at radius 3 is 2.58 bits per heavy atom. The number of rotatable bonds is 3. The molecule has 0 amide bonds. The zero-order valence-electron chi connectivity index (χ0n) is 7.50. The molecule has 4 nitrogen and oxygen atoms in total. The first-order valence-electron chi connectivity index (χ1n) is 3.75. The highest BCUT2D eigenvalue weighted by Gasteiger charge is 2.11. The summed E-state index contributed by atoms with van der Waals surface area (Å²) in [5.41, 5.74) is 0. The maximum Gasteiger partial charge on any atom is 0.223 e. The number of hydrogen-bond acceptors (Lipinski definition) is 4. The quantitative estimate of drug-likeness (QED) is 0.786. The van der Waals surface area contributed by atoms with Crippen LogP contribution in [-0.4, -0.2) is 17.2 Å². The van der Waals surface area contributed by atoms with Gasteiger partial charge in [-0.2, -0.15) is 4.98 Å². The van der Waals surface area contributed by atoms with E-state index in [-0.39, 0.29) is 18.4 Å². The lowest BCUT2D eigenvalue weighted by atomic mass is 10.2. The molecule has 0 aliphatic heterocycles. The SMILES string of the molecule is CCC(NC)c1noc(C)n1.Cl. The third kappa shape index (κ3) is 2.46. The van der Waals surface area contributed by atoms with Gasteiger partial charge in [-0.25, -0.2) is 0 Å². The molecule has 0 fully saturated rings. The minimum atomic E-state index is 0. The van der Waals surface area contributed by atoms with Gasteiger partial charge in [0.2, 0.25) is 5.89 Å². The van der Waals surface area contributed by atoms with Gasteiger partial charge in [0.1, 0.15) is 0 Å². The van der Waals surface area contributed by atoms with Gasteiger partial charge in [0.05, 0.1) is 6.04 Å². The van der Waals surface area contributed by atoms with Crippen molar-refractivity contribution in [3.8, 4) is 0 Å². The summed E-state index contributed by atoms with van der Waals surface area (Å²) in [6, 6.07) is 0.215. The minimum Gasteiger partial charge on any atom is -0.340 e. The number of halogens is 1. The second-order valence-corrected chi connectivity index (χ2v) is 2.42. The standard InChI is InChI=1S/C7H13N3O.ClH/c1-4-6(8-3)7-9-5(2)11-10-7;/h6,8H,4H2,1-3H3;1H. The van der Waals surface area contributed by atoms with Crippen molar-refractivity contribution < 1.29 is 4.52 Å². The zero-order valence-corrected chi connectivity index (χ0v) is 8.31. The third-order valence-electron chi connectivity index (χ3n) is 1.61. The van der Waals surface area contributed by atoms with Crippen molar-refractivity contribution >= 4 is 12.4 Å². The topological polar surface area (TPSA) is 51.0 Å². The fraction of sp³-hybridized carbons (Fsp3) is 0.714. The van der Waals surface area contributed by atoms with Crippen molar-refractivity contribution in [2.75, 3.05) is 7.05 Å². The first-order valence-corrected chi connectivity index (χ1v) is 3.75. The smallest absolute Gasteiger partial charge is 0.223 e. The molecule has 12 heavy (non-hydrogen) atoms. The first kappa shape index (κ1) is 11.4. The summed E-state index contributed by atoms with van der Waals surface area (Å²) in [5, 5.41) is 6.91. The van der Waals surface area contributed by atoms with E-state index in [1.165, 1.54) is 0 Å². The minimum absolute atomic E-state index is 0. The Bertz CT molecular complexity index is 222. The Morgan fingerprint density at radius 2 is 2.25 bits per heavy atom. The molecule has 1 N–H and O–H groups in total. The van der Waals surface area contributed by atoms with Crippen LogP contribution in [0.2, 0.25) is 0 Å². The molecule has 0 aliphatic rings. The van der Waals surface area contributed by atoms with Crippen molar-refractivity contribution in [3.05, 3.63) is 11.7 Å². The molecule has 1 rings (SSSR count). The van der Waals surface area contributed by atoms with Gasteiger partial charge in [-0.3, -0.25) is 0 Å². The summed E-state index contributed by atoms with van der Waals surface area (Å²) in [7, 11) is 1.89. The fourth-order valence-corrected chi connectivity index (χ4v) is 0.972. The maximum atomic E-state index is 4.85. The molecular weight excluding hydrogens is 178 g/mol. The van der Waals surface area contributed by atoms with Crippen LogP contribution in [0.3, 0.4) is 0 Å².